The van der Waals surface area contributed by atoms with E-state index in [9.17, 15) is 0 Å². The zero-order valence-corrected chi connectivity index (χ0v) is 12.7. The van der Waals surface area contributed by atoms with Crippen LogP contribution in [0.4, 0.5) is 0 Å². The van der Waals surface area contributed by atoms with E-state index in [0.717, 1.165) is 22.8 Å². The van der Waals surface area contributed by atoms with Crippen molar-refractivity contribution in [1.82, 2.24) is 19.6 Å². The molecular weight excluding hydrogens is 272 g/mol. The number of benzene rings is 1. The van der Waals surface area contributed by atoms with Crippen LogP contribution in [0.5, 0.6) is 0 Å². The molecule has 0 aliphatic carbocycles. The standard InChI is InChI=1S/C15H15ClN4/c1-8-5-9(2)7-12(6-8)14-18-19-15-13(16)17-10(3)11(4)20(14)15/h5-7H,1-4H3. The van der Waals surface area contributed by atoms with Gasteiger partial charge in [0.2, 0.25) is 0 Å². The van der Waals surface area contributed by atoms with Crippen LogP contribution in [0.3, 0.4) is 0 Å². The lowest BCUT2D eigenvalue weighted by atomic mass is 10.1. The molecule has 1 aromatic carbocycles. The highest BCUT2D eigenvalue weighted by atomic mass is 35.5. The van der Waals surface area contributed by atoms with E-state index in [0.29, 0.717) is 10.8 Å². The van der Waals surface area contributed by atoms with Crippen molar-refractivity contribution in [3.8, 4) is 11.4 Å². The molecule has 0 bridgehead atoms. The molecule has 0 aliphatic rings. The largest absolute Gasteiger partial charge is 0.275 e. The zero-order chi connectivity index (χ0) is 14.4. The molecule has 102 valence electrons. The Bertz CT molecular complexity index is 800. The number of hydrogen-bond donors (Lipinski definition) is 0. The number of fused-ring (bicyclic) bond motifs is 1. The first-order valence-corrected chi connectivity index (χ1v) is 6.81. The third-order valence-electron chi connectivity index (χ3n) is 3.45. The van der Waals surface area contributed by atoms with Crippen LogP contribution in [-0.4, -0.2) is 19.6 Å². The summed E-state index contributed by atoms with van der Waals surface area (Å²) in [5, 5.41) is 8.86. The Morgan fingerprint density at radius 3 is 2.25 bits per heavy atom. The second-order valence-corrected chi connectivity index (χ2v) is 5.49. The van der Waals surface area contributed by atoms with Gasteiger partial charge in [-0.2, -0.15) is 0 Å². The molecular formula is C15H15ClN4. The maximum atomic E-state index is 6.16. The van der Waals surface area contributed by atoms with Crippen molar-refractivity contribution in [3.63, 3.8) is 0 Å². The van der Waals surface area contributed by atoms with E-state index in [2.05, 4.69) is 47.2 Å². The Labute approximate surface area is 122 Å². The van der Waals surface area contributed by atoms with Crippen LogP contribution in [-0.2, 0) is 0 Å². The van der Waals surface area contributed by atoms with E-state index >= 15 is 0 Å². The molecule has 0 fully saturated rings. The summed E-state index contributed by atoms with van der Waals surface area (Å²) >= 11 is 6.16. The summed E-state index contributed by atoms with van der Waals surface area (Å²) in [7, 11) is 0. The average Bonchev–Trinajstić information content (AvgIpc) is 2.80. The van der Waals surface area contributed by atoms with Crippen molar-refractivity contribution in [3.05, 3.63) is 45.9 Å². The Kier molecular flexibility index (Phi) is 2.98. The van der Waals surface area contributed by atoms with Gasteiger partial charge < -0.3 is 0 Å². The summed E-state index contributed by atoms with van der Waals surface area (Å²) in [5.41, 5.74) is 5.93. The second-order valence-electron chi connectivity index (χ2n) is 5.13. The Hall–Kier alpha value is -1.94. The summed E-state index contributed by atoms with van der Waals surface area (Å²) in [5.74, 6) is 0.803. The van der Waals surface area contributed by atoms with Gasteiger partial charge in [0, 0.05) is 11.3 Å². The predicted molar refractivity (Wildman–Crippen MR) is 80.2 cm³/mol. The van der Waals surface area contributed by atoms with E-state index < -0.39 is 0 Å². The highest BCUT2D eigenvalue weighted by Gasteiger charge is 2.15. The monoisotopic (exact) mass is 286 g/mol. The lowest BCUT2D eigenvalue weighted by Gasteiger charge is -2.08. The van der Waals surface area contributed by atoms with Gasteiger partial charge in [-0.1, -0.05) is 28.8 Å². The van der Waals surface area contributed by atoms with Gasteiger partial charge in [0.05, 0.1) is 5.69 Å². The molecule has 0 N–H and O–H groups in total. The summed E-state index contributed by atoms with van der Waals surface area (Å²) in [4.78, 5) is 4.29. The number of aromatic nitrogens is 4. The van der Waals surface area contributed by atoms with Gasteiger partial charge in [-0.15, -0.1) is 10.2 Å². The summed E-state index contributed by atoms with van der Waals surface area (Å²) < 4.78 is 1.97. The molecule has 2 aromatic heterocycles. The number of rotatable bonds is 1. The first-order valence-electron chi connectivity index (χ1n) is 6.44. The predicted octanol–water partition coefficient (Wildman–Crippen LogP) is 3.68. The van der Waals surface area contributed by atoms with Crippen LogP contribution in [0.1, 0.15) is 22.5 Å². The smallest absolute Gasteiger partial charge is 0.199 e. The van der Waals surface area contributed by atoms with Gasteiger partial charge in [0.1, 0.15) is 0 Å². The number of nitrogens with zero attached hydrogens (tertiary/aromatic N) is 4. The van der Waals surface area contributed by atoms with Crippen LogP contribution < -0.4 is 0 Å². The fourth-order valence-corrected chi connectivity index (χ4v) is 2.72. The third-order valence-corrected chi connectivity index (χ3v) is 3.71. The quantitative estimate of drug-likeness (QED) is 0.685. The topological polar surface area (TPSA) is 43.1 Å². The van der Waals surface area contributed by atoms with E-state index in [1.54, 1.807) is 0 Å². The summed E-state index contributed by atoms with van der Waals surface area (Å²) in [6.07, 6.45) is 0. The van der Waals surface area contributed by atoms with Gasteiger partial charge in [0.25, 0.3) is 0 Å². The van der Waals surface area contributed by atoms with Crippen LogP contribution in [0, 0.1) is 27.7 Å². The molecule has 0 saturated carbocycles. The van der Waals surface area contributed by atoms with E-state index in [-0.39, 0.29) is 0 Å². The average molecular weight is 287 g/mol. The molecule has 0 saturated heterocycles. The molecule has 4 nitrogen and oxygen atoms in total. The molecule has 3 rings (SSSR count). The lowest BCUT2D eigenvalue weighted by molar-refractivity contribution is 0.999. The minimum Gasteiger partial charge on any atom is -0.275 e. The molecule has 0 spiro atoms. The minimum atomic E-state index is 0.385. The van der Waals surface area contributed by atoms with Crippen molar-refractivity contribution in [2.45, 2.75) is 27.7 Å². The Morgan fingerprint density at radius 2 is 1.60 bits per heavy atom. The van der Waals surface area contributed by atoms with Crippen molar-refractivity contribution in [1.29, 1.82) is 0 Å². The molecule has 20 heavy (non-hydrogen) atoms. The molecule has 3 aromatic rings. The van der Waals surface area contributed by atoms with Gasteiger partial charge in [0.15, 0.2) is 16.6 Å². The number of halogens is 1. The fraction of sp³-hybridized carbons (Fsp3) is 0.267. The van der Waals surface area contributed by atoms with Crippen molar-refractivity contribution >= 4 is 17.2 Å². The number of hydrogen-bond acceptors (Lipinski definition) is 3. The SMILES string of the molecule is Cc1cc(C)cc(-c2nnc3c(Cl)nc(C)c(C)n23)c1. The van der Waals surface area contributed by atoms with Gasteiger partial charge in [-0.05, 0) is 39.8 Å². The number of aryl methyl sites for hydroxylation is 4. The molecule has 0 unspecified atom stereocenters. The van der Waals surface area contributed by atoms with Crippen LogP contribution in [0.25, 0.3) is 17.0 Å². The normalized spacial score (nSPS) is 11.2. The van der Waals surface area contributed by atoms with Crippen LogP contribution >= 0.6 is 11.6 Å². The molecule has 0 radical (unpaired) electrons. The fourth-order valence-electron chi connectivity index (χ4n) is 2.47. The summed E-state index contributed by atoms with van der Waals surface area (Å²) in [6, 6.07) is 6.35. The van der Waals surface area contributed by atoms with Gasteiger partial charge >= 0.3 is 0 Å². The molecule has 0 aliphatic heterocycles. The molecule has 2 heterocycles. The maximum absolute atomic E-state index is 6.16. The first kappa shape index (κ1) is 13.1. The minimum absolute atomic E-state index is 0.385. The first-order chi connectivity index (χ1) is 9.47. The van der Waals surface area contributed by atoms with Crippen molar-refractivity contribution in [2.75, 3.05) is 0 Å². The lowest BCUT2D eigenvalue weighted by Crippen LogP contribution is -2.01. The zero-order valence-electron chi connectivity index (χ0n) is 11.9. The highest BCUT2D eigenvalue weighted by molar-refractivity contribution is 6.32. The van der Waals surface area contributed by atoms with Gasteiger partial charge in [-0.25, -0.2) is 4.98 Å². The van der Waals surface area contributed by atoms with Crippen LogP contribution in [0.15, 0.2) is 18.2 Å². The van der Waals surface area contributed by atoms with E-state index in [1.165, 1.54) is 11.1 Å². The van der Waals surface area contributed by atoms with Crippen molar-refractivity contribution in [2.24, 2.45) is 0 Å². The molecule has 0 atom stereocenters. The third kappa shape index (κ3) is 1.96. The van der Waals surface area contributed by atoms with Crippen LogP contribution in [0.2, 0.25) is 5.15 Å². The second kappa shape index (κ2) is 4.56. The molecule has 0 amide bonds. The molecule has 5 heteroatoms. The highest BCUT2D eigenvalue weighted by Crippen LogP contribution is 2.25. The van der Waals surface area contributed by atoms with E-state index in [4.69, 9.17) is 11.6 Å². The Morgan fingerprint density at radius 1 is 0.950 bits per heavy atom. The Balaban J connectivity index is 2.37. The van der Waals surface area contributed by atoms with Gasteiger partial charge in [-0.3, -0.25) is 4.40 Å². The van der Waals surface area contributed by atoms with E-state index in [1.807, 2.05) is 18.2 Å². The van der Waals surface area contributed by atoms with Crippen molar-refractivity contribution < 1.29 is 0 Å². The maximum Gasteiger partial charge on any atom is 0.199 e. The summed E-state index contributed by atoms with van der Waals surface area (Å²) in [6.45, 7) is 8.09.